The number of benzene rings is 2. The first-order chi connectivity index (χ1) is 15.9. The van der Waals surface area contributed by atoms with Crippen LogP contribution in [0.4, 0.5) is 0 Å². The van der Waals surface area contributed by atoms with Crippen LogP contribution in [0.1, 0.15) is 57.2 Å². The Hall–Kier alpha value is -2.70. The minimum atomic E-state index is -0.234. The third-order valence-electron chi connectivity index (χ3n) is 5.99. The normalized spacial score (nSPS) is 16.5. The molecule has 1 aromatic heterocycles. The van der Waals surface area contributed by atoms with Crippen molar-refractivity contribution in [2.45, 2.75) is 46.6 Å². The molecule has 5 nitrogen and oxygen atoms in total. The molecule has 2 aromatic carbocycles. The van der Waals surface area contributed by atoms with Gasteiger partial charge in [0.15, 0.2) is 5.11 Å². The van der Waals surface area contributed by atoms with E-state index >= 15 is 0 Å². The molecule has 1 aliphatic heterocycles. The smallest absolute Gasteiger partial charge is 0.258 e. The van der Waals surface area contributed by atoms with E-state index in [2.05, 4.69) is 55.2 Å². The zero-order valence-electron chi connectivity index (χ0n) is 19.4. The fourth-order valence-electron chi connectivity index (χ4n) is 3.99. The highest BCUT2D eigenvalue weighted by molar-refractivity contribution is 7.80. The van der Waals surface area contributed by atoms with Crippen molar-refractivity contribution in [1.29, 1.82) is 0 Å². The lowest BCUT2D eigenvalue weighted by atomic mass is 9.94. The first-order valence-electron chi connectivity index (χ1n) is 11.3. The summed E-state index contributed by atoms with van der Waals surface area (Å²) in [5.41, 5.74) is 5.12. The monoisotopic (exact) mass is 480 g/mol. The average Bonchev–Trinajstić information content (AvgIpc) is 3.28. The molecule has 7 heteroatoms. The van der Waals surface area contributed by atoms with Crippen molar-refractivity contribution in [2.24, 2.45) is 5.92 Å². The standard InChI is InChI=1S/C26H29ClN4OS/c1-5-18-9-11-19(12-10-18)24-29-25(32-30-24)22-17(4)31(14-13-16(2)3)26(33)28-23(22)20-7-6-8-21(27)15-20/h6-12,15-16,23H,5,13-14H2,1-4H3,(H,28,33). The van der Waals surface area contributed by atoms with Crippen LogP contribution in [-0.2, 0) is 6.42 Å². The van der Waals surface area contributed by atoms with Crippen molar-refractivity contribution < 1.29 is 4.52 Å². The van der Waals surface area contributed by atoms with Crippen LogP contribution in [0.15, 0.2) is 58.8 Å². The lowest BCUT2D eigenvalue weighted by Crippen LogP contribution is -2.46. The van der Waals surface area contributed by atoms with E-state index in [1.165, 1.54) is 5.56 Å². The van der Waals surface area contributed by atoms with Crippen LogP contribution in [0.2, 0.25) is 5.02 Å². The van der Waals surface area contributed by atoms with Crippen molar-refractivity contribution in [3.63, 3.8) is 0 Å². The number of nitrogens with one attached hydrogen (secondary N) is 1. The summed E-state index contributed by atoms with van der Waals surface area (Å²) in [7, 11) is 0. The van der Waals surface area contributed by atoms with Gasteiger partial charge in [-0.1, -0.05) is 73.9 Å². The summed E-state index contributed by atoms with van der Waals surface area (Å²) in [6, 6.07) is 15.8. The number of thiocarbonyl (C=S) groups is 1. The summed E-state index contributed by atoms with van der Waals surface area (Å²) < 4.78 is 5.81. The van der Waals surface area contributed by atoms with Crippen LogP contribution in [-0.4, -0.2) is 26.7 Å². The molecule has 1 aliphatic rings. The molecule has 0 radical (unpaired) electrons. The van der Waals surface area contributed by atoms with E-state index in [0.717, 1.165) is 41.8 Å². The van der Waals surface area contributed by atoms with E-state index < -0.39 is 0 Å². The number of aromatic nitrogens is 2. The third kappa shape index (κ3) is 5.12. The molecule has 1 N–H and O–H groups in total. The minimum Gasteiger partial charge on any atom is -0.351 e. The molecular formula is C26H29ClN4OS. The van der Waals surface area contributed by atoms with E-state index in [9.17, 15) is 0 Å². The van der Waals surface area contributed by atoms with Crippen LogP contribution in [0, 0.1) is 5.92 Å². The molecule has 0 amide bonds. The van der Waals surface area contributed by atoms with Gasteiger partial charge in [0.25, 0.3) is 5.89 Å². The highest BCUT2D eigenvalue weighted by atomic mass is 35.5. The van der Waals surface area contributed by atoms with Crippen molar-refractivity contribution in [3.8, 4) is 11.4 Å². The number of halogens is 1. The number of hydrogen-bond acceptors (Lipinski definition) is 4. The Morgan fingerprint density at radius 1 is 1.18 bits per heavy atom. The predicted octanol–water partition coefficient (Wildman–Crippen LogP) is 6.66. The quantitative estimate of drug-likeness (QED) is 0.381. The number of rotatable bonds is 7. The number of nitrogens with zero attached hydrogens (tertiary/aromatic N) is 3. The lowest BCUT2D eigenvalue weighted by Gasteiger charge is -2.37. The van der Waals surface area contributed by atoms with Gasteiger partial charge in [0.1, 0.15) is 0 Å². The summed E-state index contributed by atoms with van der Waals surface area (Å²) in [5.74, 6) is 1.62. The summed E-state index contributed by atoms with van der Waals surface area (Å²) in [4.78, 5) is 6.91. The van der Waals surface area contributed by atoms with Crippen molar-refractivity contribution in [1.82, 2.24) is 20.4 Å². The molecule has 172 valence electrons. The second-order valence-electron chi connectivity index (χ2n) is 8.74. The minimum absolute atomic E-state index is 0.234. The number of allylic oxidation sites excluding steroid dienone is 1. The molecule has 0 fully saturated rings. The molecule has 0 spiro atoms. The summed E-state index contributed by atoms with van der Waals surface area (Å²) >= 11 is 12.1. The van der Waals surface area contributed by atoms with Gasteiger partial charge < -0.3 is 14.7 Å². The van der Waals surface area contributed by atoms with E-state index in [1.807, 2.05) is 36.4 Å². The second-order valence-corrected chi connectivity index (χ2v) is 9.57. The molecule has 3 aromatic rings. The van der Waals surface area contributed by atoms with Crippen LogP contribution in [0.25, 0.3) is 17.0 Å². The molecular weight excluding hydrogens is 452 g/mol. The molecule has 1 atom stereocenters. The van der Waals surface area contributed by atoms with Gasteiger partial charge in [-0.25, -0.2) is 0 Å². The van der Waals surface area contributed by atoms with Gasteiger partial charge in [0, 0.05) is 22.8 Å². The Kier molecular flexibility index (Phi) is 7.15. The second kappa shape index (κ2) is 10.1. The van der Waals surface area contributed by atoms with Gasteiger partial charge in [0.05, 0.1) is 11.6 Å². The van der Waals surface area contributed by atoms with Gasteiger partial charge in [-0.15, -0.1) is 0 Å². The van der Waals surface area contributed by atoms with Crippen LogP contribution in [0.5, 0.6) is 0 Å². The summed E-state index contributed by atoms with van der Waals surface area (Å²) in [5, 5.41) is 9.14. The maximum atomic E-state index is 6.31. The molecule has 0 saturated heterocycles. The molecule has 33 heavy (non-hydrogen) atoms. The highest BCUT2D eigenvalue weighted by Gasteiger charge is 2.34. The van der Waals surface area contributed by atoms with Crippen LogP contribution < -0.4 is 5.32 Å². The van der Waals surface area contributed by atoms with E-state index in [-0.39, 0.29) is 6.04 Å². The fourth-order valence-corrected chi connectivity index (χ4v) is 4.54. The molecule has 0 bridgehead atoms. The molecule has 2 heterocycles. The van der Waals surface area contributed by atoms with E-state index in [1.54, 1.807) is 0 Å². The van der Waals surface area contributed by atoms with E-state index in [0.29, 0.717) is 27.8 Å². The maximum Gasteiger partial charge on any atom is 0.258 e. The van der Waals surface area contributed by atoms with Crippen molar-refractivity contribution in [3.05, 3.63) is 76.3 Å². The Morgan fingerprint density at radius 2 is 1.94 bits per heavy atom. The fraction of sp³-hybridized carbons (Fsp3) is 0.346. The first-order valence-corrected chi connectivity index (χ1v) is 12.1. The topological polar surface area (TPSA) is 54.2 Å². The molecule has 0 saturated carbocycles. The van der Waals surface area contributed by atoms with Gasteiger partial charge in [0.2, 0.25) is 5.82 Å². The summed E-state index contributed by atoms with van der Waals surface area (Å²) in [6.45, 7) is 9.45. The Balaban J connectivity index is 1.77. The van der Waals surface area contributed by atoms with E-state index in [4.69, 9.17) is 33.3 Å². The molecule has 0 aliphatic carbocycles. The highest BCUT2D eigenvalue weighted by Crippen LogP contribution is 2.38. The SMILES string of the molecule is CCc1ccc(-c2noc(C3=C(C)N(CCC(C)C)C(=S)NC3c3cccc(Cl)c3)n2)cc1. The maximum absolute atomic E-state index is 6.31. The largest absolute Gasteiger partial charge is 0.351 e. The third-order valence-corrected chi connectivity index (χ3v) is 6.56. The Bertz CT molecular complexity index is 1170. The van der Waals surface area contributed by atoms with Gasteiger partial charge in [-0.3, -0.25) is 0 Å². The zero-order valence-corrected chi connectivity index (χ0v) is 21.0. The average molecular weight is 481 g/mol. The molecule has 1 unspecified atom stereocenters. The van der Waals surface area contributed by atoms with Gasteiger partial charge in [-0.2, -0.15) is 4.98 Å². The predicted molar refractivity (Wildman–Crippen MR) is 138 cm³/mol. The van der Waals surface area contributed by atoms with Gasteiger partial charge in [-0.05, 0) is 61.2 Å². The van der Waals surface area contributed by atoms with Crippen LogP contribution in [0.3, 0.4) is 0 Å². The van der Waals surface area contributed by atoms with Crippen molar-refractivity contribution in [2.75, 3.05) is 6.54 Å². The Labute approximate surface area is 205 Å². The molecule has 4 rings (SSSR count). The van der Waals surface area contributed by atoms with Gasteiger partial charge >= 0.3 is 0 Å². The lowest BCUT2D eigenvalue weighted by molar-refractivity contribution is 0.390. The zero-order chi connectivity index (χ0) is 23.5. The van der Waals surface area contributed by atoms with Crippen molar-refractivity contribution >= 4 is 34.5 Å². The Morgan fingerprint density at radius 3 is 2.61 bits per heavy atom. The number of aryl methyl sites for hydroxylation is 1. The number of hydrogen-bond donors (Lipinski definition) is 1. The van der Waals surface area contributed by atoms with Crippen LogP contribution >= 0.6 is 23.8 Å². The summed E-state index contributed by atoms with van der Waals surface area (Å²) in [6.07, 6.45) is 2.01. The first kappa shape index (κ1) is 23.5.